The zero-order valence-corrected chi connectivity index (χ0v) is 9.27. The Hall–Kier alpha value is -2.30. The lowest BCUT2D eigenvalue weighted by atomic mass is 10.3. The summed E-state index contributed by atoms with van der Waals surface area (Å²) in [5.74, 6) is 0.696. The van der Waals surface area contributed by atoms with Crippen molar-refractivity contribution < 1.29 is 9.53 Å². The summed E-state index contributed by atoms with van der Waals surface area (Å²) in [5, 5.41) is 2.59. The second kappa shape index (κ2) is 5.16. The van der Waals surface area contributed by atoms with E-state index in [0.29, 0.717) is 12.4 Å². The van der Waals surface area contributed by atoms with Crippen LogP contribution in [0.3, 0.4) is 0 Å². The topological polar surface area (TPSA) is 67.0 Å². The predicted molar refractivity (Wildman–Crippen MR) is 64.5 cm³/mol. The van der Waals surface area contributed by atoms with E-state index in [0.717, 1.165) is 11.0 Å². The highest BCUT2D eigenvalue weighted by Crippen LogP contribution is 2.09. The van der Waals surface area contributed by atoms with Gasteiger partial charge in [0.1, 0.15) is 12.4 Å². The third-order valence-electron chi connectivity index (χ3n) is 2.17. The SMILES string of the molecule is C=CCOC(=O)NCc1nc2ccccc2[nH]1. The van der Waals surface area contributed by atoms with Crippen molar-refractivity contribution >= 4 is 17.1 Å². The Morgan fingerprint density at radius 1 is 1.53 bits per heavy atom. The van der Waals surface area contributed by atoms with Gasteiger partial charge in [-0.05, 0) is 12.1 Å². The molecule has 0 spiro atoms. The molecule has 0 radical (unpaired) electrons. The Morgan fingerprint density at radius 2 is 2.35 bits per heavy atom. The highest BCUT2D eigenvalue weighted by molar-refractivity contribution is 5.74. The van der Waals surface area contributed by atoms with Crippen LogP contribution in [-0.4, -0.2) is 22.7 Å². The van der Waals surface area contributed by atoms with Crippen LogP contribution in [-0.2, 0) is 11.3 Å². The Labute approximate surface area is 98.5 Å². The zero-order chi connectivity index (χ0) is 12.1. The van der Waals surface area contributed by atoms with Gasteiger partial charge in [-0.25, -0.2) is 9.78 Å². The van der Waals surface area contributed by atoms with Crippen LogP contribution in [0.15, 0.2) is 36.9 Å². The fraction of sp³-hybridized carbons (Fsp3) is 0.167. The first kappa shape index (κ1) is 11.2. The number of carbonyl (C=O) groups is 1. The van der Waals surface area contributed by atoms with E-state index >= 15 is 0 Å². The van der Waals surface area contributed by atoms with E-state index in [4.69, 9.17) is 4.74 Å². The number of aromatic amines is 1. The molecule has 0 aliphatic heterocycles. The van der Waals surface area contributed by atoms with Crippen LogP contribution >= 0.6 is 0 Å². The molecule has 1 aromatic carbocycles. The lowest BCUT2D eigenvalue weighted by Crippen LogP contribution is -2.24. The molecule has 0 bridgehead atoms. The average Bonchev–Trinajstić information content (AvgIpc) is 2.76. The molecule has 0 fully saturated rings. The van der Waals surface area contributed by atoms with Crippen molar-refractivity contribution in [2.75, 3.05) is 6.61 Å². The van der Waals surface area contributed by atoms with Gasteiger partial charge in [0, 0.05) is 0 Å². The number of nitrogens with one attached hydrogen (secondary N) is 2. The standard InChI is InChI=1S/C12H13N3O2/c1-2-7-17-12(16)13-8-11-14-9-5-3-4-6-10(9)15-11/h2-6H,1,7-8H2,(H,13,16)(H,14,15). The first-order valence-electron chi connectivity index (χ1n) is 5.25. The minimum atomic E-state index is -0.481. The predicted octanol–water partition coefficient (Wildman–Crippen LogP) is 1.98. The summed E-state index contributed by atoms with van der Waals surface area (Å²) in [6, 6.07) is 7.68. The maximum Gasteiger partial charge on any atom is 0.407 e. The molecule has 2 N–H and O–H groups in total. The molecule has 2 rings (SSSR count). The van der Waals surface area contributed by atoms with Gasteiger partial charge >= 0.3 is 6.09 Å². The van der Waals surface area contributed by atoms with Gasteiger partial charge in [-0.1, -0.05) is 24.8 Å². The van der Waals surface area contributed by atoms with Gasteiger partial charge in [0.15, 0.2) is 0 Å². The first-order chi connectivity index (χ1) is 8.29. The number of imidazole rings is 1. The zero-order valence-electron chi connectivity index (χ0n) is 9.27. The molecule has 88 valence electrons. The van der Waals surface area contributed by atoms with Crippen molar-refractivity contribution in [1.82, 2.24) is 15.3 Å². The van der Waals surface area contributed by atoms with Gasteiger partial charge in [-0.3, -0.25) is 0 Å². The van der Waals surface area contributed by atoms with Gasteiger partial charge < -0.3 is 15.0 Å². The van der Waals surface area contributed by atoms with E-state index in [-0.39, 0.29) is 6.61 Å². The summed E-state index contributed by atoms with van der Waals surface area (Å²) < 4.78 is 4.78. The lowest BCUT2D eigenvalue weighted by molar-refractivity contribution is 0.157. The highest BCUT2D eigenvalue weighted by Gasteiger charge is 2.04. The second-order valence-corrected chi connectivity index (χ2v) is 3.44. The van der Waals surface area contributed by atoms with E-state index in [9.17, 15) is 4.79 Å². The molecule has 0 aliphatic rings. The number of hydrogen-bond acceptors (Lipinski definition) is 3. The van der Waals surface area contributed by atoms with Crippen molar-refractivity contribution in [1.29, 1.82) is 0 Å². The van der Waals surface area contributed by atoms with Crippen molar-refractivity contribution in [3.8, 4) is 0 Å². The normalized spacial score (nSPS) is 10.1. The average molecular weight is 231 g/mol. The number of ether oxygens (including phenoxy) is 1. The molecule has 5 heteroatoms. The van der Waals surface area contributed by atoms with E-state index in [1.54, 1.807) is 0 Å². The van der Waals surface area contributed by atoms with E-state index < -0.39 is 6.09 Å². The third kappa shape index (κ3) is 2.84. The number of alkyl carbamates (subject to hydrolysis) is 1. The molecule has 1 heterocycles. The van der Waals surface area contributed by atoms with Crippen LogP contribution in [0, 0.1) is 0 Å². The van der Waals surface area contributed by atoms with E-state index in [1.165, 1.54) is 6.08 Å². The Morgan fingerprint density at radius 3 is 3.12 bits per heavy atom. The molecule has 17 heavy (non-hydrogen) atoms. The van der Waals surface area contributed by atoms with Crippen LogP contribution < -0.4 is 5.32 Å². The molecule has 0 unspecified atom stereocenters. The highest BCUT2D eigenvalue weighted by atomic mass is 16.5. The number of benzene rings is 1. The van der Waals surface area contributed by atoms with Gasteiger partial charge in [0.2, 0.25) is 0 Å². The molecule has 5 nitrogen and oxygen atoms in total. The maximum absolute atomic E-state index is 11.2. The van der Waals surface area contributed by atoms with Crippen LogP contribution in [0.2, 0.25) is 0 Å². The molecule has 0 aliphatic carbocycles. The summed E-state index contributed by atoms with van der Waals surface area (Å²) in [4.78, 5) is 18.6. The molecule has 2 aromatic rings. The Kier molecular flexibility index (Phi) is 3.40. The number of amides is 1. The summed E-state index contributed by atoms with van der Waals surface area (Å²) in [5.41, 5.74) is 1.83. The smallest absolute Gasteiger partial charge is 0.407 e. The van der Waals surface area contributed by atoms with Gasteiger partial charge in [-0.15, -0.1) is 0 Å². The summed E-state index contributed by atoms with van der Waals surface area (Å²) in [6.07, 6.45) is 1.03. The number of hydrogen-bond donors (Lipinski definition) is 2. The first-order valence-corrected chi connectivity index (χ1v) is 5.25. The van der Waals surface area contributed by atoms with E-state index in [2.05, 4.69) is 21.9 Å². The minimum absolute atomic E-state index is 0.200. The van der Waals surface area contributed by atoms with Crippen molar-refractivity contribution in [3.05, 3.63) is 42.7 Å². The van der Waals surface area contributed by atoms with Crippen LogP contribution in [0.1, 0.15) is 5.82 Å². The van der Waals surface area contributed by atoms with Gasteiger partial charge in [0.25, 0.3) is 0 Å². The number of carbonyl (C=O) groups excluding carboxylic acids is 1. The number of rotatable bonds is 4. The third-order valence-corrected chi connectivity index (χ3v) is 2.17. The number of para-hydroxylation sites is 2. The fourth-order valence-electron chi connectivity index (χ4n) is 1.43. The molecule has 0 saturated heterocycles. The Bertz CT molecular complexity index is 500. The minimum Gasteiger partial charge on any atom is -0.445 e. The molecule has 1 amide bonds. The molecule has 0 atom stereocenters. The molecular formula is C12H13N3O2. The van der Waals surface area contributed by atoms with E-state index in [1.807, 2.05) is 24.3 Å². The monoisotopic (exact) mass is 231 g/mol. The van der Waals surface area contributed by atoms with Crippen LogP contribution in [0.25, 0.3) is 11.0 Å². The van der Waals surface area contributed by atoms with Crippen LogP contribution in [0.5, 0.6) is 0 Å². The van der Waals surface area contributed by atoms with Crippen molar-refractivity contribution in [2.45, 2.75) is 6.54 Å². The summed E-state index contributed by atoms with van der Waals surface area (Å²) >= 11 is 0. The quantitative estimate of drug-likeness (QED) is 0.790. The second-order valence-electron chi connectivity index (χ2n) is 3.44. The van der Waals surface area contributed by atoms with Crippen molar-refractivity contribution in [3.63, 3.8) is 0 Å². The number of nitrogens with zero attached hydrogens (tertiary/aromatic N) is 1. The number of H-pyrrole nitrogens is 1. The largest absolute Gasteiger partial charge is 0.445 e. The maximum atomic E-state index is 11.2. The van der Waals surface area contributed by atoms with Crippen molar-refractivity contribution in [2.24, 2.45) is 0 Å². The van der Waals surface area contributed by atoms with Crippen LogP contribution in [0.4, 0.5) is 4.79 Å². The number of fused-ring (bicyclic) bond motifs is 1. The Balaban J connectivity index is 1.94. The molecule has 1 aromatic heterocycles. The summed E-state index contributed by atoms with van der Waals surface area (Å²) in [7, 11) is 0. The molecular weight excluding hydrogens is 218 g/mol. The fourth-order valence-corrected chi connectivity index (χ4v) is 1.43. The molecule has 0 saturated carbocycles. The lowest BCUT2D eigenvalue weighted by Gasteiger charge is -2.02. The summed E-state index contributed by atoms with van der Waals surface area (Å²) in [6.45, 7) is 3.97. The van der Waals surface area contributed by atoms with Gasteiger partial charge in [0.05, 0.1) is 17.6 Å². The number of aromatic nitrogens is 2. The van der Waals surface area contributed by atoms with Gasteiger partial charge in [-0.2, -0.15) is 0 Å².